The molecule has 0 spiro atoms. The third-order valence-corrected chi connectivity index (χ3v) is 2.98. The number of hydrogen-bond acceptors (Lipinski definition) is 4. The van der Waals surface area contributed by atoms with E-state index in [1.165, 1.54) is 12.1 Å². The third-order valence-electron chi connectivity index (χ3n) is 2.98. The van der Waals surface area contributed by atoms with Gasteiger partial charge in [-0.3, -0.25) is 4.90 Å². The number of hydrogen-bond donors (Lipinski definition) is 0. The Balaban J connectivity index is 2.07. The van der Waals surface area contributed by atoms with Gasteiger partial charge < -0.3 is 4.42 Å². The van der Waals surface area contributed by atoms with Gasteiger partial charge in [-0.1, -0.05) is 25.1 Å². The SMILES string of the molecule is CCc1nnc(CN(C)Cc2ccccc2C(F)(F)F)o1. The molecular weight excluding hydrogens is 283 g/mol. The second kappa shape index (κ2) is 6.26. The van der Waals surface area contributed by atoms with E-state index in [0.717, 1.165) is 6.07 Å². The van der Waals surface area contributed by atoms with Gasteiger partial charge in [0.05, 0.1) is 12.1 Å². The number of aromatic nitrogens is 2. The van der Waals surface area contributed by atoms with Crippen LogP contribution in [0, 0.1) is 0 Å². The maximum Gasteiger partial charge on any atom is 0.416 e. The van der Waals surface area contributed by atoms with Crippen molar-refractivity contribution in [3.63, 3.8) is 0 Å². The summed E-state index contributed by atoms with van der Waals surface area (Å²) >= 11 is 0. The molecule has 2 aromatic rings. The molecule has 0 N–H and O–H groups in total. The van der Waals surface area contributed by atoms with Gasteiger partial charge in [0.1, 0.15) is 0 Å². The highest BCUT2D eigenvalue weighted by Gasteiger charge is 2.33. The van der Waals surface area contributed by atoms with E-state index in [1.807, 2.05) is 6.92 Å². The Bertz CT molecular complexity index is 595. The van der Waals surface area contributed by atoms with Crippen molar-refractivity contribution in [1.29, 1.82) is 0 Å². The number of nitrogens with zero attached hydrogens (tertiary/aromatic N) is 3. The summed E-state index contributed by atoms with van der Waals surface area (Å²) in [5, 5.41) is 7.69. The first-order valence-corrected chi connectivity index (χ1v) is 6.55. The van der Waals surface area contributed by atoms with Crippen LogP contribution < -0.4 is 0 Å². The van der Waals surface area contributed by atoms with Crippen LogP contribution in [0.4, 0.5) is 13.2 Å². The Morgan fingerprint density at radius 1 is 1.10 bits per heavy atom. The molecule has 4 nitrogen and oxygen atoms in total. The second-order valence-electron chi connectivity index (χ2n) is 4.77. The molecule has 0 aliphatic heterocycles. The van der Waals surface area contributed by atoms with E-state index in [1.54, 1.807) is 18.0 Å². The minimum absolute atomic E-state index is 0.152. The smallest absolute Gasteiger partial charge is 0.416 e. The molecule has 0 aliphatic rings. The van der Waals surface area contributed by atoms with Crippen LogP contribution >= 0.6 is 0 Å². The maximum absolute atomic E-state index is 12.9. The average Bonchev–Trinajstić information content (AvgIpc) is 2.85. The summed E-state index contributed by atoms with van der Waals surface area (Å²) in [5.41, 5.74) is -0.389. The van der Waals surface area contributed by atoms with E-state index in [-0.39, 0.29) is 12.1 Å². The fourth-order valence-corrected chi connectivity index (χ4v) is 2.01. The van der Waals surface area contributed by atoms with Gasteiger partial charge in [0, 0.05) is 13.0 Å². The highest BCUT2D eigenvalue weighted by molar-refractivity contribution is 5.29. The molecule has 7 heteroatoms. The van der Waals surface area contributed by atoms with Crippen LogP contribution in [-0.2, 0) is 25.7 Å². The van der Waals surface area contributed by atoms with Gasteiger partial charge in [0.2, 0.25) is 11.8 Å². The molecule has 1 aromatic heterocycles. The predicted molar refractivity (Wildman–Crippen MR) is 70.3 cm³/mol. The zero-order valence-corrected chi connectivity index (χ0v) is 11.8. The minimum Gasteiger partial charge on any atom is -0.424 e. The minimum atomic E-state index is -4.35. The zero-order chi connectivity index (χ0) is 15.5. The average molecular weight is 299 g/mol. The first-order valence-electron chi connectivity index (χ1n) is 6.55. The maximum atomic E-state index is 12.9. The lowest BCUT2D eigenvalue weighted by atomic mass is 10.1. The van der Waals surface area contributed by atoms with Gasteiger partial charge in [-0.15, -0.1) is 10.2 Å². The van der Waals surface area contributed by atoms with Gasteiger partial charge in [-0.25, -0.2) is 0 Å². The van der Waals surface area contributed by atoms with Crippen LogP contribution in [-0.4, -0.2) is 22.1 Å². The van der Waals surface area contributed by atoms with Gasteiger partial charge >= 0.3 is 6.18 Å². The van der Waals surface area contributed by atoms with Crippen molar-refractivity contribution >= 4 is 0 Å². The first kappa shape index (κ1) is 15.5. The summed E-state index contributed by atoms with van der Waals surface area (Å²) in [4.78, 5) is 1.71. The number of halogens is 3. The van der Waals surface area contributed by atoms with Crippen LogP contribution in [0.25, 0.3) is 0 Å². The fraction of sp³-hybridized carbons (Fsp3) is 0.429. The summed E-state index contributed by atoms with van der Waals surface area (Å²) in [6, 6.07) is 5.55. The topological polar surface area (TPSA) is 42.2 Å². The van der Waals surface area contributed by atoms with E-state index in [2.05, 4.69) is 10.2 Å². The molecule has 0 bridgehead atoms. The van der Waals surface area contributed by atoms with Crippen LogP contribution in [0.5, 0.6) is 0 Å². The van der Waals surface area contributed by atoms with Crippen LogP contribution in [0.3, 0.4) is 0 Å². The zero-order valence-electron chi connectivity index (χ0n) is 11.8. The van der Waals surface area contributed by atoms with Crippen molar-refractivity contribution < 1.29 is 17.6 Å². The fourth-order valence-electron chi connectivity index (χ4n) is 2.01. The van der Waals surface area contributed by atoms with Crippen LogP contribution in [0.15, 0.2) is 28.7 Å². The van der Waals surface area contributed by atoms with Crippen molar-refractivity contribution in [2.75, 3.05) is 7.05 Å². The molecule has 1 aromatic carbocycles. The Morgan fingerprint density at radius 2 is 1.76 bits per heavy atom. The molecule has 1 heterocycles. The number of aryl methyl sites for hydroxylation is 1. The highest BCUT2D eigenvalue weighted by Crippen LogP contribution is 2.32. The summed E-state index contributed by atoms with van der Waals surface area (Å²) in [6.45, 7) is 2.35. The van der Waals surface area contributed by atoms with Gasteiger partial charge in [0.15, 0.2) is 0 Å². The predicted octanol–water partition coefficient (Wildman–Crippen LogP) is 3.28. The Hall–Kier alpha value is -1.89. The number of alkyl halides is 3. The quantitative estimate of drug-likeness (QED) is 0.849. The van der Waals surface area contributed by atoms with Crippen molar-refractivity contribution in [3.05, 3.63) is 47.2 Å². The molecular formula is C14H16F3N3O. The molecule has 21 heavy (non-hydrogen) atoms. The molecule has 0 fully saturated rings. The molecule has 0 saturated heterocycles. The van der Waals surface area contributed by atoms with E-state index in [9.17, 15) is 13.2 Å². The van der Waals surface area contributed by atoms with Crippen molar-refractivity contribution in [2.45, 2.75) is 32.6 Å². The molecule has 114 valence electrons. The normalized spacial score (nSPS) is 12.1. The summed E-state index contributed by atoms with van der Waals surface area (Å²) in [5.74, 6) is 0.924. The number of benzene rings is 1. The van der Waals surface area contributed by atoms with Gasteiger partial charge in [-0.2, -0.15) is 13.2 Å². The van der Waals surface area contributed by atoms with Crippen molar-refractivity contribution in [3.8, 4) is 0 Å². The Labute approximate surface area is 120 Å². The number of rotatable bonds is 5. The Morgan fingerprint density at radius 3 is 2.38 bits per heavy atom. The Kier molecular flexibility index (Phi) is 4.62. The highest BCUT2D eigenvalue weighted by atomic mass is 19.4. The summed E-state index contributed by atoms with van der Waals surface area (Å²) < 4.78 is 44.1. The molecule has 0 saturated carbocycles. The summed E-state index contributed by atoms with van der Waals surface area (Å²) in [7, 11) is 1.71. The first-order chi connectivity index (χ1) is 9.90. The van der Waals surface area contributed by atoms with Crippen molar-refractivity contribution in [2.24, 2.45) is 0 Å². The van der Waals surface area contributed by atoms with E-state index in [0.29, 0.717) is 24.7 Å². The third kappa shape index (κ3) is 4.04. The van der Waals surface area contributed by atoms with Crippen LogP contribution in [0.1, 0.15) is 29.8 Å². The van der Waals surface area contributed by atoms with E-state index < -0.39 is 11.7 Å². The molecule has 0 atom stereocenters. The van der Waals surface area contributed by atoms with Gasteiger partial charge in [0.25, 0.3) is 0 Å². The van der Waals surface area contributed by atoms with Gasteiger partial charge in [-0.05, 0) is 18.7 Å². The molecule has 0 unspecified atom stereocenters. The molecule has 0 amide bonds. The van der Waals surface area contributed by atoms with Crippen LogP contribution in [0.2, 0.25) is 0 Å². The lowest BCUT2D eigenvalue weighted by molar-refractivity contribution is -0.138. The molecule has 2 rings (SSSR count). The molecule has 0 radical (unpaired) electrons. The second-order valence-corrected chi connectivity index (χ2v) is 4.77. The van der Waals surface area contributed by atoms with E-state index in [4.69, 9.17) is 4.42 Å². The monoisotopic (exact) mass is 299 g/mol. The lowest BCUT2D eigenvalue weighted by Crippen LogP contribution is -2.20. The standard InChI is InChI=1S/C14H16F3N3O/c1-3-12-18-19-13(21-12)9-20(2)8-10-6-4-5-7-11(10)14(15,16)17/h4-7H,3,8-9H2,1-2H3. The summed E-state index contributed by atoms with van der Waals surface area (Å²) in [6.07, 6.45) is -3.72. The lowest BCUT2D eigenvalue weighted by Gasteiger charge is -2.18. The van der Waals surface area contributed by atoms with Crippen molar-refractivity contribution in [1.82, 2.24) is 15.1 Å². The molecule has 0 aliphatic carbocycles. The largest absolute Gasteiger partial charge is 0.424 e. The van der Waals surface area contributed by atoms with E-state index >= 15 is 0 Å².